The number of sulfonamides is 1. The van der Waals surface area contributed by atoms with Crippen LogP contribution in [0, 0.1) is 11.6 Å². The van der Waals surface area contributed by atoms with E-state index < -0.39 is 32.8 Å². The zero-order chi connectivity index (χ0) is 21.9. The Morgan fingerprint density at radius 1 is 1.10 bits per heavy atom. The third-order valence-electron chi connectivity index (χ3n) is 4.72. The largest absolute Gasteiger partial charge is 0.324 e. The summed E-state index contributed by atoms with van der Waals surface area (Å²) in [7, 11) is -3.67. The third kappa shape index (κ3) is 5.32. The lowest BCUT2D eigenvalue weighted by molar-refractivity contribution is -0.115. The summed E-state index contributed by atoms with van der Waals surface area (Å²) in [5.74, 6) is -2.40. The standard InChI is InChI=1S/C20H21ClF2N2O3S2/c1-13(29-14-5-8-17(22)18(23)11-14)20(26)24-19-12-15(6-7-16(19)21)30(27,28)25-9-3-2-4-10-25/h5-8,11-13H,2-4,9-10H2,1H3,(H,24,26). The summed E-state index contributed by atoms with van der Waals surface area (Å²) in [5.41, 5.74) is 0.178. The molecule has 1 aliphatic rings. The first kappa shape index (κ1) is 23.0. The molecule has 0 aliphatic carbocycles. The van der Waals surface area contributed by atoms with Gasteiger partial charge in [-0.1, -0.05) is 18.0 Å². The van der Waals surface area contributed by atoms with Crippen molar-refractivity contribution in [1.82, 2.24) is 4.31 Å². The topological polar surface area (TPSA) is 66.5 Å². The van der Waals surface area contributed by atoms with Crippen LogP contribution in [-0.2, 0) is 14.8 Å². The lowest BCUT2D eigenvalue weighted by Gasteiger charge is -2.26. The highest BCUT2D eigenvalue weighted by atomic mass is 35.5. The summed E-state index contributed by atoms with van der Waals surface area (Å²) in [6, 6.07) is 7.59. The van der Waals surface area contributed by atoms with Gasteiger partial charge in [0.1, 0.15) is 0 Å². The van der Waals surface area contributed by atoms with Gasteiger partial charge in [-0.05, 0) is 56.2 Å². The molecule has 1 N–H and O–H groups in total. The molecule has 30 heavy (non-hydrogen) atoms. The lowest BCUT2D eigenvalue weighted by Crippen LogP contribution is -2.35. The maximum Gasteiger partial charge on any atom is 0.243 e. The molecule has 0 spiro atoms. The zero-order valence-corrected chi connectivity index (χ0v) is 18.6. The van der Waals surface area contributed by atoms with Gasteiger partial charge in [0.05, 0.1) is 20.9 Å². The number of rotatable bonds is 6. The fraction of sp³-hybridized carbons (Fsp3) is 0.350. The van der Waals surface area contributed by atoms with Gasteiger partial charge in [0.2, 0.25) is 15.9 Å². The molecule has 0 bridgehead atoms. The SMILES string of the molecule is CC(Sc1ccc(F)c(F)c1)C(=O)Nc1cc(S(=O)(=O)N2CCCCC2)ccc1Cl. The molecule has 1 atom stereocenters. The van der Waals surface area contributed by atoms with E-state index in [-0.39, 0.29) is 15.6 Å². The molecule has 1 heterocycles. The molecule has 10 heteroatoms. The number of piperidine rings is 1. The van der Waals surface area contributed by atoms with E-state index in [4.69, 9.17) is 11.6 Å². The zero-order valence-electron chi connectivity index (χ0n) is 16.2. The van der Waals surface area contributed by atoms with Crippen molar-refractivity contribution < 1.29 is 22.0 Å². The van der Waals surface area contributed by atoms with Crippen LogP contribution >= 0.6 is 23.4 Å². The summed E-state index contributed by atoms with van der Waals surface area (Å²) >= 11 is 7.20. The summed E-state index contributed by atoms with van der Waals surface area (Å²) in [5, 5.41) is 2.17. The summed E-state index contributed by atoms with van der Waals surface area (Å²) in [6.07, 6.45) is 2.63. The molecule has 0 aromatic heterocycles. The molecular formula is C20H21ClF2N2O3S2. The predicted octanol–water partition coefficient (Wildman–Crippen LogP) is 4.91. The van der Waals surface area contributed by atoms with Crippen LogP contribution in [0.4, 0.5) is 14.5 Å². The second kappa shape index (κ2) is 9.64. The highest BCUT2D eigenvalue weighted by molar-refractivity contribution is 8.00. The van der Waals surface area contributed by atoms with Crippen LogP contribution in [0.15, 0.2) is 46.2 Å². The molecular weight excluding hydrogens is 454 g/mol. The first-order chi connectivity index (χ1) is 14.2. The lowest BCUT2D eigenvalue weighted by atomic mass is 10.2. The Balaban J connectivity index is 1.74. The quantitative estimate of drug-likeness (QED) is 0.604. The van der Waals surface area contributed by atoms with E-state index in [2.05, 4.69) is 5.32 Å². The summed E-state index contributed by atoms with van der Waals surface area (Å²) < 4.78 is 53.6. The second-order valence-corrected chi connectivity index (χ2v) is 10.7. The van der Waals surface area contributed by atoms with Gasteiger partial charge in [0.25, 0.3) is 0 Å². The van der Waals surface area contributed by atoms with Crippen LogP contribution in [0.2, 0.25) is 5.02 Å². The number of halogens is 3. The molecule has 162 valence electrons. The summed E-state index contributed by atoms with van der Waals surface area (Å²) in [4.78, 5) is 13.0. The van der Waals surface area contributed by atoms with Gasteiger partial charge in [-0.25, -0.2) is 17.2 Å². The Morgan fingerprint density at radius 3 is 2.47 bits per heavy atom. The van der Waals surface area contributed by atoms with Crippen molar-refractivity contribution in [2.24, 2.45) is 0 Å². The third-order valence-corrected chi connectivity index (χ3v) is 8.04. The van der Waals surface area contributed by atoms with E-state index >= 15 is 0 Å². The molecule has 2 aromatic rings. The fourth-order valence-electron chi connectivity index (χ4n) is 3.06. The number of nitrogens with zero attached hydrogens (tertiary/aromatic N) is 1. The molecule has 0 radical (unpaired) electrons. The van der Waals surface area contributed by atoms with E-state index in [0.29, 0.717) is 18.0 Å². The van der Waals surface area contributed by atoms with Gasteiger partial charge in [-0.15, -0.1) is 11.8 Å². The number of anilines is 1. The number of nitrogens with one attached hydrogen (secondary N) is 1. The van der Waals surface area contributed by atoms with Crippen LogP contribution in [0.1, 0.15) is 26.2 Å². The average molecular weight is 475 g/mol. The molecule has 1 saturated heterocycles. The highest BCUT2D eigenvalue weighted by Crippen LogP contribution is 2.30. The minimum absolute atomic E-state index is 0.0602. The monoisotopic (exact) mass is 474 g/mol. The molecule has 0 saturated carbocycles. The van der Waals surface area contributed by atoms with Crippen molar-refractivity contribution in [3.63, 3.8) is 0 Å². The van der Waals surface area contributed by atoms with E-state index in [1.165, 1.54) is 28.6 Å². The van der Waals surface area contributed by atoms with Gasteiger partial charge in [-0.2, -0.15) is 4.31 Å². The minimum atomic E-state index is -3.67. The maximum absolute atomic E-state index is 13.4. The average Bonchev–Trinajstić information content (AvgIpc) is 2.72. The van der Waals surface area contributed by atoms with Crippen molar-refractivity contribution in [2.75, 3.05) is 18.4 Å². The van der Waals surface area contributed by atoms with Crippen LogP contribution in [0.25, 0.3) is 0 Å². The molecule has 1 unspecified atom stereocenters. The van der Waals surface area contributed by atoms with Gasteiger partial charge in [-0.3, -0.25) is 4.79 Å². The number of hydrogen-bond acceptors (Lipinski definition) is 4. The molecule has 1 amide bonds. The predicted molar refractivity (Wildman–Crippen MR) is 114 cm³/mol. The summed E-state index contributed by atoms with van der Waals surface area (Å²) in [6.45, 7) is 2.53. The fourth-order valence-corrected chi connectivity index (χ4v) is 5.66. The van der Waals surface area contributed by atoms with Crippen LogP contribution in [0.3, 0.4) is 0 Å². The van der Waals surface area contributed by atoms with Crippen molar-refractivity contribution >= 4 is 45.0 Å². The molecule has 2 aromatic carbocycles. The first-order valence-corrected chi connectivity index (χ1v) is 12.1. The smallest absolute Gasteiger partial charge is 0.243 e. The molecule has 5 nitrogen and oxygen atoms in total. The Labute approximate surface area is 183 Å². The van der Waals surface area contributed by atoms with E-state index in [0.717, 1.165) is 43.2 Å². The molecule has 3 rings (SSSR count). The second-order valence-electron chi connectivity index (χ2n) is 6.93. The van der Waals surface area contributed by atoms with Gasteiger partial charge < -0.3 is 5.32 Å². The Kier molecular flexibility index (Phi) is 7.38. The Hall–Kier alpha value is -1.68. The van der Waals surface area contributed by atoms with E-state index in [1.807, 2.05) is 0 Å². The van der Waals surface area contributed by atoms with Gasteiger partial charge in [0.15, 0.2) is 11.6 Å². The van der Waals surface area contributed by atoms with Crippen LogP contribution in [-0.4, -0.2) is 37.0 Å². The van der Waals surface area contributed by atoms with Crippen molar-refractivity contribution in [3.8, 4) is 0 Å². The van der Waals surface area contributed by atoms with Gasteiger partial charge >= 0.3 is 0 Å². The minimum Gasteiger partial charge on any atom is -0.324 e. The highest BCUT2D eigenvalue weighted by Gasteiger charge is 2.27. The number of carbonyl (C=O) groups excluding carboxylic acids is 1. The van der Waals surface area contributed by atoms with Crippen LogP contribution < -0.4 is 5.32 Å². The number of benzene rings is 2. The molecule has 1 aliphatic heterocycles. The molecule has 1 fully saturated rings. The Bertz CT molecular complexity index is 1040. The first-order valence-electron chi connectivity index (χ1n) is 9.41. The Morgan fingerprint density at radius 2 is 1.80 bits per heavy atom. The van der Waals surface area contributed by atoms with Crippen LogP contribution in [0.5, 0.6) is 0 Å². The van der Waals surface area contributed by atoms with Crippen molar-refractivity contribution in [2.45, 2.75) is 41.2 Å². The number of amides is 1. The number of hydrogen-bond donors (Lipinski definition) is 1. The van der Waals surface area contributed by atoms with Crippen molar-refractivity contribution in [3.05, 3.63) is 53.1 Å². The maximum atomic E-state index is 13.4. The van der Waals surface area contributed by atoms with Gasteiger partial charge in [0, 0.05) is 18.0 Å². The number of carbonyl (C=O) groups is 1. The van der Waals surface area contributed by atoms with E-state index in [9.17, 15) is 22.0 Å². The number of thioether (sulfide) groups is 1. The van der Waals surface area contributed by atoms with E-state index in [1.54, 1.807) is 6.92 Å². The van der Waals surface area contributed by atoms with Crippen molar-refractivity contribution in [1.29, 1.82) is 0 Å². The normalized spacial score (nSPS) is 16.3.